The summed E-state index contributed by atoms with van der Waals surface area (Å²) in [5.74, 6) is -2.26. The number of rotatable bonds is 3. The molecule has 9 atom stereocenters. The van der Waals surface area contributed by atoms with E-state index in [2.05, 4.69) is 0 Å². The lowest BCUT2D eigenvalue weighted by atomic mass is 9.50. The van der Waals surface area contributed by atoms with Crippen LogP contribution in [0.2, 0.25) is 0 Å². The van der Waals surface area contributed by atoms with E-state index in [0.717, 1.165) is 0 Å². The first-order valence-corrected chi connectivity index (χ1v) is 10.0. The van der Waals surface area contributed by atoms with Gasteiger partial charge in [-0.3, -0.25) is 9.59 Å². The molecule has 1 spiro atoms. The Kier molecular flexibility index (Phi) is 3.22. The maximum Gasteiger partial charge on any atom is 0.314 e. The molecule has 3 aliphatic heterocycles. The first-order chi connectivity index (χ1) is 12.5. The fourth-order valence-corrected chi connectivity index (χ4v) is 6.34. The molecule has 27 heavy (non-hydrogen) atoms. The molecule has 2 aliphatic carbocycles. The topological polar surface area (TPSA) is 97.9 Å². The van der Waals surface area contributed by atoms with Gasteiger partial charge in [-0.2, -0.15) is 0 Å². The van der Waals surface area contributed by atoms with E-state index in [1.165, 1.54) is 0 Å². The summed E-state index contributed by atoms with van der Waals surface area (Å²) in [6.07, 6.45) is -0.138. The second-order valence-corrected chi connectivity index (χ2v) is 9.81. The van der Waals surface area contributed by atoms with E-state index in [9.17, 15) is 14.7 Å². The Morgan fingerprint density at radius 2 is 2.07 bits per heavy atom. The minimum absolute atomic E-state index is 0.133. The van der Waals surface area contributed by atoms with Crippen LogP contribution < -0.4 is 0 Å². The van der Waals surface area contributed by atoms with Crippen molar-refractivity contribution in [3.8, 4) is 0 Å². The van der Waals surface area contributed by atoms with E-state index in [1.807, 2.05) is 27.7 Å². The van der Waals surface area contributed by atoms with Gasteiger partial charge in [0.25, 0.3) is 5.79 Å². The van der Waals surface area contributed by atoms with Crippen LogP contribution in [0.1, 0.15) is 53.9 Å². The minimum atomic E-state index is -1.07. The molecule has 5 rings (SSSR count). The molecule has 7 heteroatoms. The number of carbonyl (C=O) groups is 2. The molecule has 5 fully saturated rings. The van der Waals surface area contributed by atoms with Gasteiger partial charge in [0.2, 0.25) is 0 Å². The van der Waals surface area contributed by atoms with Crippen molar-refractivity contribution in [2.75, 3.05) is 0 Å². The Morgan fingerprint density at radius 1 is 1.37 bits per heavy atom. The van der Waals surface area contributed by atoms with Gasteiger partial charge in [-0.1, -0.05) is 27.7 Å². The monoisotopic (exact) mass is 380 g/mol. The Hall–Kier alpha value is -1.18. The molecular formula is C20H28O7. The van der Waals surface area contributed by atoms with Crippen LogP contribution in [0.5, 0.6) is 0 Å². The highest BCUT2D eigenvalue weighted by molar-refractivity contribution is 5.80. The van der Waals surface area contributed by atoms with Crippen molar-refractivity contribution in [1.29, 1.82) is 0 Å². The molecular weight excluding hydrogens is 352 g/mol. The zero-order valence-electron chi connectivity index (χ0n) is 16.5. The molecule has 3 heterocycles. The molecule has 2 saturated carbocycles. The summed E-state index contributed by atoms with van der Waals surface area (Å²) in [7, 11) is 0. The van der Waals surface area contributed by atoms with E-state index in [1.54, 1.807) is 6.92 Å². The Bertz CT molecular complexity index is 736. The van der Waals surface area contributed by atoms with Gasteiger partial charge in [0.15, 0.2) is 5.60 Å². The van der Waals surface area contributed by atoms with Crippen molar-refractivity contribution >= 4 is 11.9 Å². The number of aliphatic hydroxyl groups is 1. The number of ether oxygens (including phenoxy) is 4. The van der Waals surface area contributed by atoms with Gasteiger partial charge in [-0.25, -0.2) is 0 Å². The zero-order chi connectivity index (χ0) is 19.6. The fraction of sp³-hybridized carbons (Fsp3) is 0.900. The lowest BCUT2D eigenvalue weighted by Gasteiger charge is -2.53. The van der Waals surface area contributed by atoms with Crippen LogP contribution in [0.3, 0.4) is 0 Å². The molecule has 0 aromatic heterocycles. The number of esters is 2. The highest BCUT2D eigenvalue weighted by Crippen LogP contribution is 2.79. The first-order valence-electron chi connectivity index (χ1n) is 10.0. The molecule has 0 unspecified atom stereocenters. The Labute approximate surface area is 158 Å². The smallest absolute Gasteiger partial charge is 0.314 e. The quantitative estimate of drug-likeness (QED) is 0.586. The summed E-state index contributed by atoms with van der Waals surface area (Å²) in [5.41, 5.74) is -2.25. The molecule has 1 N–H and O–H groups in total. The summed E-state index contributed by atoms with van der Waals surface area (Å²) < 4.78 is 24.0. The highest BCUT2D eigenvalue weighted by atomic mass is 16.8. The van der Waals surface area contributed by atoms with Crippen LogP contribution >= 0.6 is 0 Å². The van der Waals surface area contributed by atoms with Crippen LogP contribution in [-0.4, -0.2) is 52.3 Å². The van der Waals surface area contributed by atoms with E-state index < -0.39 is 40.5 Å². The van der Waals surface area contributed by atoms with Crippen LogP contribution in [0.15, 0.2) is 0 Å². The molecule has 0 bridgehead atoms. The molecule has 0 aromatic carbocycles. The van der Waals surface area contributed by atoms with Crippen molar-refractivity contribution in [2.45, 2.75) is 89.2 Å². The zero-order valence-corrected chi connectivity index (χ0v) is 16.5. The SMILES string of the molecule is CC(C)CC(=O)O[C@H]1[C@]2(C)[C@@H](C)[C@@H](O)C[C@H]3O[C@]32C[C@@]23OC(=O)[C@H](C)[C@@]12O3. The van der Waals surface area contributed by atoms with Crippen LogP contribution in [0.25, 0.3) is 0 Å². The fourth-order valence-electron chi connectivity index (χ4n) is 6.34. The van der Waals surface area contributed by atoms with Crippen LogP contribution in [0, 0.1) is 23.2 Å². The molecule has 150 valence electrons. The number of carbonyl (C=O) groups excluding carboxylic acids is 2. The largest absolute Gasteiger partial charge is 0.458 e. The van der Waals surface area contributed by atoms with Crippen molar-refractivity contribution in [3.63, 3.8) is 0 Å². The summed E-state index contributed by atoms with van der Waals surface area (Å²) in [6, 6.07) is 0. The maximum atomic E-state index is 12.7. The third kappa shape index (κ3) is 1.80. The molecule has 0 radical (unpaired) electrons. The Morgan fingerprint density at radius 3 is 2.74 bits per heavy atom. The number of hydrogen-bond donors (Lipinski definition) is 1. The van der Waals surface area contributed by atoms with Gasteiger partial charge < -0.3 is 24.1 Å². The summed E-state index contributed by atoms with van der Waals surface area (Å²) in [4.78, 5) is 25.1. The third-order valence-electron chi connectivity index (χ3n) is 8.11. The van der Waals surface area contributed by atoms with Gasteiger partial charge >= 0.3 is 11.9 Å². The molecule has 0 aromatic rings. The number of aliphatic hydroxyl groups excluding tert-OH is 1. The van der Waals surface area contributed by atoms with Gasteiger partial charge in [0, 0.05) is 24.7 Å². The molecule has 7 nitrogen and oxygen atoms in total. The lowest BCUT2D eigenvalue weighted by Crippen LogP contribution is -2.68. The van der Waals surface area contributed by atoms with E-state index in [0.29, 0.717) is 12.8 Å². The lowest BCUT2D eigenvalue weighted by molar-refractivity contribution is -0.192. The number of epoxide rings is 2. The minimum Gasteiger partial charge on any atom is -0.458 e. The molecule has 5 aliphatic rings. The van der Waals surface area contributed by atoms with E-state index in [4.69, 9.17) is 18.9 Å². The average molecular weight is 380 g/mol. The summed E-state index contributed by atoms with van der Waals surface area (Å²) >= 11 is 0. The Balaban J connectivity index is 1.61. The van der Waals surface area contributed by atoms with Crippen molar-refractivity contribution < 1.29 is 33.6 Å². The predicted molar refractivity (Wildman–Crippen MR) is 91.3 cm³/mol. The third-order valence-corrected chi connectivity index (χ3v) is 8.11. The molecule has 3 saturated heterocycles. The molecule has 0 amide bonds. The van der Waals surface area contributed by atoms with Crippen LogP contribution in [0.4, 0.5) is 0 Å². The van der Waals surface area contributed by atoms with Crippen molar-refractivity contribution in [1.82, 2.24) is 0 Å². The van der Waals surface area contributed by atoms with Crippen LogP contribution in [-0.2, 0) is 28.5 Å². The van der Waals surface area contributed by atoms with Gasteiger partial charge in [0.05, 0.1) is 18.1 Å². The predicted octanol–water partition coefficient (Wildman–Crippen LogP) is 1.55. The number of hydrogen-bond acceptors (Lipinski definition) is 7. The summed E-state index contributed by atoms with van der Waals surface area (Å²) in [6.45, 7) is 9.68. The highest BCUT2D eigenvalue weighted by Gasteiger charge is 2.97. The first kappa shape index (κ1) is 17.9. The van der Waals surface area contributed by atoms with E-state index in [-0.39, 0.29) is 36.3 Å². The maximum absolute atomic E-state index is 12.7. The second kappa shape index (κ2) is 4.86. The van der Waals surface area contributed by atoms with Gasteiger partial charge in [0.1, 0.15) is 11.7 Å². The average Bonchev–Trinajstić information content (AvgIpc) is 3.41. The normalized spacial score (nSPS) is 57.1. The van der Waals surface area contributed by atoms with Gasteiger partial charge in [-0.15, -0.1) is 0 Å². The van der Waals surface area contributed by atoms with Crippen molar-refractivity contribution in [3.05, 3.63) is 0 Å². The van der Waals surface area contributed by atoms with Crippen molar-refractivity contribution in [2.24, 2.45) is 23.2 Å². The summed E-state index contributed by atoms with van der Waals surface area (Å²) in [5, 5.41) is 10.7. The second-order valence-electron chi connectivity index (χ2n) is 9.81. The standard InChI is InChI=1S/C20H28O7/c1-9(2)6-14(22)24-16-17(5)10(3)12(21)7-13-18(17,25-13)8-19-20(16,27-19)11(4)15(23)26-19/h9-13,16,21H,6-8H2,1-5H3/t10-,11-,12-,13+,16-,17-,18+,19-,20+/m0/s1. The van der Waals surface area contributed by atoms with Gasteiger partial charge in [-0.05, 0) is 18.8 Å². The van der Waals surface area contributed by atoms with E-state index >= 15 is 0 Å².